The zero-order valence-electron chi connectivity index (χ0n) is 22.5. The molecule has 6 aromatic carbocycles. The van der Waals surface area contributed by atoms with Crippen molar-refractivity contribution in [2.45, 2.75) is 0 Å². The van der Waals surface area contributed by atoms with E-state index in [-0.39, 0.29) is 0 Å². The van der Waals surface area contributed by atoms with Crippen LogP contribution < -0.4 is 0 Å². The van der Waals surface area contributed by atoms with Gasteiger partial charge in [0.1, 0.15) is 5.82 Å². The molecule has 9 aromatic rings. The molecule has 0 spiro atoms. The van der Waals surface area contributed by atoms with Crippen molar-refractivity contribution in [2.24, 2.45) is 0 Å². The molecule has 0 fully saturated rings. The van der Waals surface area contributed by atoms with Crippen molar-refractivity contribution in [3.63, 3.8) is 0 Å². The van der Waals surface area contributed by atoms with E-state index in [2.05, 4.69) is 119 Å². The monoisotopic (exact) mass is 553 g/mol. The second-order valence-corrected chi connectivity index (χ2v) is 11.5. The van der Waals surface area contributed by atoms with Gasteiger partial charge in [0.05, 0.1) is 16.7 Å². The van der Waals surface area contributed by atoms with E-state index in [1.54, 1.807) is 0 Å². The third kappa shape index (κ3) is 3.39. The highest BCUT2D eigenvalue weighted by Crippen LogP contribution is 2.45. The molecule has 3 aromatic heterocycles. The molecule has 0 atom stereocenters. The van der Waals surface area contributed by atoms with Gasteiger partial charge >= 0.3 is 0 Å². The number of aromatic nitrogens is 3. The number of hydrogen-bond donors (Lipinski definition) is 0. The van der Waals surface area contributed by atoms with Crippen molar-refractivity contribution in [1.29, 1.82) is 0 Å². The maximum Gasteiger partial charge on any atom is 0.162 e. The molecule has 3 heterocycles. The standard InChI is InChI=1S/C38H23N3S/c1-3-11-24(12-4-1)31-23-33(40-38(39-31)26-13-5-2-6-14-26)41-32-20-19-25-21-22-42-37(25)35(32)34-29-17-9-7-15-27(29)28-16-8-10-18-30(28)36(34)41/h1-23H. The summed E-state index contributed by atoms with van der Waals surface area (Å²) in [5, 5.41) is 11.0. The third-order valence-corrected chi connectivity index (χ3v) is 9.21. The first-order valence-corrected chi connectivity index (χ1v) is 15.0. The van der Waals surface area contributed by atoms with Crippen molar-refractivity contribution < 1.29 is 0 Å². The summed E-state index contributed by atoms with van der Waals surface area (Å²) in [5.41, 5.74) is 5.29. The Morgan fingerprint density at radius 3 is 1.93 bits per heavy atom. The molecule has 196 valence electrons. The van der Waals surface area contributed by atoms with E-state index >= 15 is 0 Å². The minimum atomic E-state index is 0.712. The summed E-state index contributed by atoms with van der Waals surface area (Å²) >= 11 is 1.81. The molecule has 0 saturated carbocycles. The van der Waals surface area contributed by atoms with Crippen LogP contribution in [0.5, 0.6) is 0 Å². The fourth-order valence-electron chi connectivity index (χ4n) is 6.44. The van der Waals surface area contributed by atoms with Crippen LogP contribution in [0.3, 0.4) is 0 Å². The average Bonchev–Trinajstić information content (AvgIpc) is 3.69. The van der Waals surface area contributed by atoms with Crippen molar-refractivity contribution in [3.8, 4) is 28.5 Å². The molecule has 0 saturated heterocycles. The first kappa shape index (κ1) is 23.4. The van der Waals surface area contributed by atoms with E-state index in [1.165, 1.54) is 47.9 Å². The molecule has 9 rings (SSSR count). The average molecular weight is 554 g/mol. The lowest BCUT2D eigenvalue weighted by atomic mass is 9.96. The van der Waals surface area contributed by atoms with E-state index in [9.17, 15) is 0 Å². The Labute approximate surface area is 246 Å². The maximum absolute atomic E-state index is 5.28. The molecule has 0 aliphatic rings. The van der Waals surface area contributed by atoms with Crippen molar-refractivity contribution >= 4 is 64.8 Å². The summed E-state index contributed by atoms with van der Waals surface area (Å²) < 4.78 is 3.68. The van der Waals surface area contributed by atoms with Crippen LogP contribution in [0, 0.1) is 0 Å². The van der Waals surface area contributed by atoms with Gasteiger partial charge in [-0.05, 0) is 39.1 Å². The Balaban J connectivity index is 1.52. The topological polar surface area (TPSA) is 30.7 Å². The zero-order valence-corrected chi connectivity index (χ0v) is 23.3. The molecule has 0 amide bonds. The second-order valence-electron chi connectivity index (χ2n) is 10.6. The molecule has 0 unspecified atom stereocenters. The fraction of sp³-hybridized carbons (Fsp3) is 0. The lowest BCUT2D eigenvalue weighted by molar-refractivity contribution is 1.05. The number of fused-ring (bicyclic) bond motifs is 10. The van der Waals surface area contributed by atoms with Crippen molar-refractivity contribution in [1.82, 2.24) is 14.5 Å². The van der Waals surface area contributed by atoms with E-state index in [0.717, 1.165) is 28.2 Å². The van der Waals surface area contributed by atoms with E-state index in [1.807, 2.05) is 35.6 Å². The first-order chi connectivity index (χ1) is 20.8. The van der Waals surface area contributed by atoms with Crippen LogP contribution in [0.15, 0.2) is 139 Å². The summed E-state index contributed by atoms with van der Waals surface area (Å²) in [5.74, 6) is 1.57. The number of hydrogen-bond acceptors (Lipinski definition) is 3. The van der Waals surface area contributed by atoms with Crippen molar-refractivity contribution in [2.75, 3.05) is 0 Å². The number of rotatable bonds is 3. The lowest BCUT2D eigenvalue weighted by Crippen LogP contribution is -2.03. The molecular weight excluding hydrogens is 531 g/mol. The Kier molecular flexibility index (Phi) is 5.07. The molecule has 0 aliphatic carbocycles. The minimum absolute atomic E-state index is 0.712. The van der Waals surface area contributed by atoms with Gasteiger partial charge in [0, 0.05) is 38.1 Å². The summed E-state index contributed by atoms with van der Waals surface area (Å²) in [6, 6.07) is 47.1. The minimum Gasteiger partial charge on any atom is -0.293 e. The summed E-state index contributed by atoms with van der Waals surface area (Å²) in [7, 11) is 0. The normalized spacial score (nSPS) is 11.8. The molecular formula is C38H23N3S. The van der Waals surface area contributed by atoms with Gasteiger partial charge in [-0.1, -0.05) is 115 Å². The SMILES string of the molecule is c1ccc(-c2cc(-n3c4ccc5ccsc5c4c4c5ccccc5c5ccccc5c43)nc(-c3ccccc3)n2)cc1. The molecule has 3 nitrogen and oxygen atoms in total. The molecule has 0 N–H and O–H groups in total. The molecule has 4 heteroatoms. The maximum atomic E-state index is 5.28. The smallest absolute Gasteiger partial charge is 0.162 e. The summed E-state index contributed by atoms with van der Waals surface area (Å²) in [6.45, 7) is 0. The quantitative estimate of drug-likeness (QED) is 0.204. The molecule has 0 radical (unpaired) electrons. The molecule has 0 aliphatic heterocycles. The van der Waals surface area contributed by atoms with Crippen LogP contribution in [0.1, 0.15) is 0 Å². The molecule has 42 heavy (non-hydrogen) atoms. The van der Waals surface area contributed by atoms with Crippen LogP contribution in [-0.2, 0) is 0 Å². The Hall–Kier alpha value is -5.32. The van der Waals surface area contributed by atoms with Gasteiger partial charge in [0.25, 0.3) is 0 Å². The first-order valence-electron chi connectivity index (χ1n) is 14.1. The summed E-state index contributed by atoms with van der Waals surface area (Å²) in [6.07, 6.45) is 0. The van der Waals surface area contributed by atoms with Gasteiger partial charge < -0.3 is 0 Å². The van der Waals surface area contributed by atoms with Crippen LogP contribution >= 0.6 is 11.3 Å². The predicted octanol–water partition coefficient (Wildman–Crippen LogP) is 10.4. The fourth-order valence-corrected chi connectivity index (χ4v) is 7.39. The van der Waals surface area contributed by atoms with Gasteiger partial charge in [0.2, 0.25) is 0 Å². The van der Waals surface area contributed by atoms with Crippen LogP contribution in [-0.4, -0.2) is 14.5 Å². The number of benzene rings is 6. The molecule has 0 bridgehead atoms. The van der Waals surface area contributed by atoms with Crippen LogP contribution in [0.2, 0.25) is 0 Å². The highest BCUT2D eigenvalue weighted by atomic mass is 32.1. The van der Waals surface area contributed by atoms with Crippen molar-refractivity contribution in [3.05, 3.63) is 139 Å². The van der Waals surface area contributed by atoms with Crippen LogP contribution in [0.25, 0.3) is 81.9 Å². The Morgan fingerprint density at radius 1 is 0.524 bits per heavy atom. The number of thiophene rings is 1. The lowest BCUT2D eigenvalue weighted by Gasteiger charge is -2.14. The van der Waals surface area contributed by atoms with Gasteiger partial charge in [-0.3, -0.25) is 4.57 Å². The predicted molar refractivity (Wildman–Crippen MR) is 178 cm³/mol. The Bertz CT molecular complexity index is 2400. The Morgan fingerprint density at radius 2 is 1.17 bits per heavy atom. The van der Waals surface area contributed by atoms with E-state index in [0.29, 0.717) is 5.82 Å². The summed E-state index contributed by atoms with van der Waals surface area (Å²) in [4.78, 5) is 10.4. The second kappa shape index (κ2) is 9.10. The third-order valence-electron chi connectivity index (χ3n) is 8.26. The number of nitrogens with zero attached hydrogens (tertiary/aromatic N) is 3. The van der Waals surface area contributed by atoms with E-state index in [4.69, 9.17) is 9.97 Å². The van der Waals surface area contributed by atoms with E-state index < -0.39 is 0 Å². The van der Waals surface area contributed by atoms with Gasteiger partial charge in [0.15, 0.2) is 5.82 Å². The highest BCUT2D eigenvalue weighted by molar-refractivity contribution is 7.18. The van der Waals surface area contributed by atoms with Gasteiger partial charge in [-0.2, -0.15) is 0 Å². The van der Waals surface area contributed by atoms with Crippen LogP contribution in [0.4, 0.5) is 0 Å². The highest BCUT2D eigenvalue weighted by Gasteiger charge is 2.22. The largest absolute Gasteiger partial charge is 0.293 e. The van der Waals surface area contributed by atoms with Gasteiger partial charge in [-0.15, -0.1) is 11.3 Å². The zero-order chi connectivity index (χ0) is 27.6. The van der Waals surface area contributed by atoms with Gasteiger partial charge in [-0.25, -0.2) is 9.97 Å².